The molecule has 0 aromatic carbocycles. The second-order valence-electron chi connectivity index (χ2n) is 2.53. The Labute approximate surface area is 60.3 Å². The monoisotopic (exact) mass is 141 g/mol. The van der Waals surface area contributed by atoms with Gasteiger partial charge in [-0.05, 0) is 0 Å². The number of β-amino-alcohol motifs (C(OH)–C–C–N with tert-alkyl or cyclic N) is 2. The average molecular weight is 141 g/mol. The molecule has 0 saturated carbocycles. The molecule has 2 N–H and O–H groups in total. The van der Waals surface area contributed by atoms with Crippen LogP contribution >= 0.6 is 0 Å². The van der Waals surface area contributed by atoms with Gasteiger partial charge in [-0.3, -0.25) is 4.90 Å². The van der Waals surface area contributed by atoms with E-state index in [-0.39, 0.29) is 0 Å². The van der Waals surface area contributed by atoms with Gasteiger partial charge in [-0.25, -0.2) is 0 Å². The molecule has 1 aliphatic heterocycles. The van der Waals surface area contributed by atoms with Crippen molar-refractivity contribution in [2.75, 3.05) is 19.6 Å². The van der Waals surface area contributed by atoms with E-state index in [9.17, 15) is 0 Å². The highest BCUT2D eigenvalue weighted by Crippen LogP contribution is 2.08. The summed E-state index contributed by atoms with van der Waals surface area (Å²) in [5.74, 6) is 2.45. The van der Waals surface area contributed by atoms with Crippen molar-refractivity contribution >= 4 is 0 Å². The fourth-order valence-corrected chi connectivity index (χ4v) is 1.11. The molecule has 56 valence electrons. The van der Waals surface area contributed by atoms with E-state index in [4.69, 9.17) is 16.6 Å². The Kier molecular flexibility index (Phi) is 2.28. The van der Waals surface area contributed by atoms with E-state index in [0.717, 1.165) is 0 Å². The van der Waals surface area contributed by atoms with Crippen molar-refractivity contribution in [3.05, 3.63) is 0 Å². The Morgan fingerprint density at radius 2 is 1.90 bits per heavy atom. The summed E-state index contributed by atoms with van der Waals surface area (Å²) in [6.07, 6.45) is 3.81. The van der Waals surface area contributed by atoms with Crippen LogP contribution in [0.2, 0.25) is 0 Å². The zero-order valence-corrected chi connectivity index (χ0v) is 5.70. The quantitative estimate of drug-likeness (QED) is 0.444. The molecule has 2 atom stereocenters. The Balaban J connectivity index is 2.35. The SMILES string of the molecule is C#CCN1C[C@@H](O)[C@@H](O)C1. The van der Waals surface area contributed by atoms with E-state index in [1.54, 1.807) is 0 Å². The lowest BCUT2D eigenvalue weighted by molar-refractivity contribution is 0.0572. The van der Waals surface area contributed by atoms with Crippen LogP contribution in [0.5, 0.6) is 0 Å². The molecule has 0 spiro atoms. The van der Waals surface area contributed by atoms with Crippen molar-refractivity contribution in [3.63, 3.8) is 0 Å². The van der Waals surface area contributed by atoms with Gasteiger partial charge in [0.15, 0.2) is 0 Å². The van der Waals surface area contributed by atoms with Gasteiger partial charge >= 0.3 is 0 Å². The van der Waals surface area contributed by atoms with Crippen molar-refractivity contribution in [1.82, 2.24) is 4.90 Å². The molecular weight excluding hydrogens is 130 g/mol. The minimum Gasteiger partial charge on any atom is -0.389 e. The summed E-state index contributed by atoms with van der Waals surface area (Å²) in [5.41, 5.74) is 0. The summed E-state index contributed by atoms with van der Waals surface area (Å²) in [5, 5.41) is 18.1. The van der Waals surface area contributed by atoms with Gasteiger partial charge in [-0.15, -0.1) is 6.42 Å². The number of aliphatic hydroxyl groups excluding tert-OH is 2. The largest absolute Gasteiger partial charge is 0.389 e. The van der Waals surface area contributed by atoms with Crippen LogP contribution in [0.25, 0.3) is 0 Å². The number of nitrogens with zero attached hydrogens (tertiary/aromatic N) is 1. The minimum atomic E-state index is -0.617. The zero-order chi connectivity index (χ0) is 7.56. The molecule has 0 aromatic rings. The maximum Gasteiger partial charge on any atom is 0.0938 e. The lowest BCUT2D eigenvalue weighted by atomic mass is 10.3. The molecule has 3 nitrogen and oxygen atoms in total. The third-order valence-electron chi connectivity index (χ3n) is 1.65. The first-order valence-corrected chi connectivity index (χ1v) is 3.26. The first-order chi connectivity index (χ1) is 4.74. The van der Waals surface area contributed by atoms with E-state index < -0.39 is 12.2 Å². The Hall–Kier alpha value is -0.560. The molecule has 3 heteroatoms. The third kappa shape index (κ3) is 1.48. The highest BCUT2D eigenvalue weighted by Gasteiger charge is 2.28. The van der Waals surface area contributed by atoms with E-state index in [2.05, 4.69) is 5.92 Å². The first kappa shape index (κ1) is 7.55. The number of hydrogen-bond acceptors (Lipinski definition) is 3. The maximum absolute atomic E-state index is 9.03. The van der Waals surface area contributed by atoms with Gasteiger partial charge in [0.2, 0.25) is 0 Å². The molecule has 0 radical (unpaired) electrons. The van der Waals surface area contributed by atoms with Gasteiger partial charge in [0.1, 0.15) is 0 Å². The average Bonchev–Trinajstić information content (AvgIpc) is 2.14. The molecule has 0 aliphatic carbocycles. The molecule has 0 unspecified atom stereocenters. The van der Waals surface area contributed by atoms with Gasteiger partial charge in [0, 0.05) is 13.1 Å². The predicted octanol–water partition coefficient (Wildman–Crippen LogP) is -1.34. The first-order valence-electron chi connectivity index (χ1n) is 3.26. The summed E-state index contributed by atoms with van der Waals surface area (Å²) >= 11 is 0. The van der Waals surface area contributed by atoms with Crippen molar-refractivity contribution in [2.24, 2.45) is 0 Å². The fourth-order valence-electron chi connectivity index (χ4n) is 1.11. The predicted molar refractivity (Wildman–Crippen MR) is 37.3 cm³/mol. The summed E-state index contributed by atoms with van der Waals surface area (Å²) in [6, 6.07) is 0. The van der Waals surface area contributed by atoms with Gasteiger partial charge in [-0.1, -0.05) is 5.92 Å². The van der Waals surface area contributed by atoms with Gasteiger partial charge in [0.05, 0.1) is 18.8 Å². The maximum atomic E-state index is 9.03. The van der Waals surface area contributed by atoms with Crippen LogP contribution in [-0.2, 0) is 0 Å². The molecular formula is C7H11NO2. The van der Waals surface area contributed by atoms with Crippen LogP contribution in [0.3, 0.4) is 0 Å². The Bertz CT molecular complexity index is 142. The van der Waals surface area contributed by atoms with Crippen molar-refractivity contribution < 1.29 is 10.2 Å². The smallest absolute Gasteiger partial charge is 0.0938 e. The normalized spacial score (nSPS) is 34.1. The molecule has 1 saturated heterocycles. The van der Waals surface area contributed by atoms with E-state index in [1.807, 2.05) is 4.90 Å². The van der Waals surface area contributed by atoms with Crippen LogP contribution in [0, 0.1) is 12.3 Å². The number of hydrogen-bond donors (Lipinski definition) is 2. The minimum absolute atomic E-state index is 0.491. The van der Waals surface area contributed by atoms with E-state index >= 15 is 0 Å². The van der Waals surface area contributed by atoms with Gasteiger partial charge in [-0.2, -0.15) is 0 Å². The molecule has 10 heavy (non-hydrogen) atoms. The van der Waals surface area contributed by atoms with Gasteiger partial charge in [0.25, 0.3) is 0 Å². The molecule has 1 rings (SSSR count). The standard InChI is InChI=1S/C7H11NO2/c1-2-3-8-4-6(9)7(10)5-8/h1,6-7,9-10H,3-5H2/t6-,7+. The summed E-state index contributed by atoms with van der Waals surface area (Å²) in [6.45, 7) is 1.49. The zero-order valence-electron chi connectivity index (χ0n) is 5.70. The second-order valence-corrected chi connectivity index (χ2v) is 2.53. The third-order valence-corrected chi connectivity index (χ3v) is 1.65. The van der Waals surface area contributed by atoms with E-state index in [1.165, 1.54) is 0 Å². The lowest BCUT2D eigenvalue weighted by Crippen LogP contribution is -2.22. The van der Waals surface area contributed by atoms with Crippen LogP contribution in [0.1, 0.15) is 0 Å². The summed E-state index contributed by atoms with van der Waals surface area (Å²) in [7, 11) is 0. The van der Waals surface area contributed by atoms with Crippen molar-refractivity contribution in [1.29, 1.82) is 0 Å². The fraction of sp³-hybridized carbons (Fsp3) is 0.714. The molecule has 1 fully saturated rings. The molecule has 1 heterocycles. The number of likely N-dealkylation sites (tertiary alicyclic amines) is 1. The molecule has 0 amide bonds. The van der Waals surface area contributed by atoms with Crippen molar-refractivity contribution in [3.8, 4) is 12.3 Å². The van der Waals surface area contributed by atoms with Crippen LogP contribution < -0.4 is 0 Å². The lowest BCUT2D eigenvalue weighted by Gasteiger charge is -2.08. The highest BCUT2D eigenvalue weighted by atomic mass is 16.3. The second kappa shape index (κ2) is 3.02. The molecule has 0 aromatic heterocycles. The summed E-state index contributed by atoms with van der Waals surface area (Å²) in [4.78, 5) is 1.84. The Morgan fingerprint density at radius 1 is 1.40 bits per heavy atom. The van der Waals surface area contributed by atoms with E-state index in [0.29, 0.717) is 19.6 Å². The topological polar surface area (TPSA) is 43.7 Å². The van der Waals surface area contributed by atoms with Crippen LogP contribution in [0.15, 0.2) is 0 Å². The van der Waals surface area contributed by atoms with Gasteiger partial charge < -0.3 is 10.2 Å². The number of terminal acetylenes is 1. The number of aliphatic hydroxyl groups is 2. The Morgan fingerprint density at radius 3 is 2.30 bits per heavy atom. The number of rotatable bonds is 1. The molecule has 1 aliphatic rings. The molecule has 0 bridgehead atoms. The van der Waals surface area contributed by atoms with Crippen molar-refractivity contribution in [2.45, 2.75) is 12.2 Å². The highest BCUT2D eigenvalue weighted by molar-refractivity contribution is 4.93. The van der Waals surface area contributed by atoms with Crippen LogP contribution in [-0.4, -0.2) is 47.0 Å². The van der Waals surface area contributed by atoms with Crippen LogP contribution in [0.4, 0.5) is 0 Å². The summed E-state index contributed by atoms with van der Waals surface area (Å²) < 4.78 is 0.